The van der Waals surface area contributed by atoms with Crippen molar-refractivity contribution in [2.24, 2.45) is 11.8 Å². The SMILES string of the molecule is CC1CC1c1nc2c(C(=O)N[C@@H]3CN4CCC3CC4)cccc2o1. The summed E-state index contributed by atoms with van der Waals surface area (Å²) in [6.45, 7) is 5.55. The average molecular weight is 325 g/mol. The summed E-state index contributed by atoms with van der Waals surface area (Å²) in [4.78, 5) is 20.0. The predicted octanol–water partition coefficient (Wildman–Crippen LogP) is 2.78. The summed E-state index contributed by atoms with van der Waals surface area (Å²) < 4.78 is 5.89. The van der Waals surface area contributed by atoms with Gasteiger partial charge in [0.2, 0.25) is 0 Å². The smallest absolute Gasteiger partial charge is 0.253 e. The number of benzene rings is 1. The second-order valence-electron chi connectivity index (χ2n) is 7.74. The number of oxazole rings is 1. The van der Waals surface area contributed by atoms with Gasteiger partial charge < -0.3 is 14.6 Å². The van der Waals surface area contributed by atoms with Crippen LogP contribution in [0.25, 0.3) is 11.1 Å². The first-order valence-electron chi connectivity index (χ1n) is 9.11. The van der Waals surface area contributed by atoms with Gasteiger partial charge in [0.15, 0.2) is 11.5 Å². The molecule has 0 radical (unpaired) electrons. The lowest BCUT2D eigenvalue weighted by Crippen LogP contribution is -2.57. The Morgan fingerprint density at radius 3 is 2.79 bits per heavy atom. The molecule has 4 heterocycles. The number of hydrogen-bond acceptors (Lipinski definition) is 4. The van der Waals surface area contributed by atoms with Crippen LogP contribution in [0.4, 0.5) is 0 Å². The highest BCUT2D eigenvalue weighted by Crippen LogP contribution is 2.47. The Bertz CT molecular complexity index is 791. The third kappa shape index (κ3) is 2.34. The third-order valence-corrected chi connectivity index (χ3v) is 6.08. The Labute approximate surface area is 141 Å². The van der Waals surface area contributed by atoms with Crippen molar-refractivity contribution in [3.63, 3.8) is 0 Å². The summed E-state index contributed by atoms with van der Waals surface area (Å²) in [6.07, 6.45) is 3.53. The first-order chi connectivity index (χ1) is 11.7. The van der Waals surface area contributed by atoms with Crippen LogP contribution in [0.2, 0.25) is 0 Å². The molecular weight excluding hydrogens is 302 g/mol. The van der Waals surface area contributed by atoms with Crippen molar-refractivity contribution in [3.05, 3.63) is 29.7 Å². The van der Waals surface area contributed by atoms with Gasteiger partial charge in [-0.1, -0.05) is 13.0 Å². The lowest BCUT2D eigenvalue weighted by atomic mass is 9.84. The number of nitrogens with one attached hydrogen (secondary N) is 1. The van der Waals surface area contributed by atoms with Crippen LogP contribution < -0.4 is 5.32 Å². The quantitative estimate of drug-likeness (QED) is 0.943. The maximum absolute atomic E-state index is 12.9. The predicted molar refractivity (Wildman–Crippen MR) is 90.9 cm³/mol. The highest BCUT2D eigenvalue weighted by atomic mass is 16.3. The van der Waals surface area contributed by atoms with Crippen LogP contribution in [-0.2, 0) is 0 Å². The van der Waals surface area contributed by atoms with Gasteiger partial charge in [0.25, 0.3) is 5.91 Å². The van der Waals surface area contributed by atoms with E-state index in [2.05, 4.69) is 22.1 Å². The number of piperidine rings is 3. The van der Waals surface area contributed by atoms with Crippen molar-refractivity contribution in [2.75, 3.05) is 19.6 Å². The normalized spacial score (nSPS) is 34.5. The Hall–Kier alpha value is -1.88. The fourth-order valence-corrected chi connectivity index (χ4v) is 4.35. The number of carbonyl (C=O) groups is 1. The number of fused-ring (bicyclic) bond motifs is 4. The number of amides is 1. The molecule has 3 aliphatic heterocycles. The van der Waals surface area contributed by atoms with Gasteiger partial charge in [0.1, 0.15) is 5.52 Å². The van der Waals surface area contributed by atoms with Gasteiger partial charge in [-0.2, -0.15) is 0 Å². The largest absolute Gasteiger partial charge is 0.440 e. The molecule has 126 valence electrons. The Balaban J connectivity index is 1.41. The van der Waals surface area contributed by atoms with E-state index in [0.717, 1.165) is 24.4 Å². The fraction of sp³-hybridized carbons (Fsp3) is 0.579. The molecule has 4 aliphatic rings. The highest BCUT2D eigenvalue weighted by Gasteiger charge is 2.39. The number of nitrogens with zero attached hydrogens (tertiary/aromatic N) is 2. The van der Waals surface area contributed by atoms with Crippen molar-refractivity contribution < 1.29 is 9.21 Å². The molecule has 5 heteroatoms. The maximum Gasteiger partial charge on any atom is 0.253 e. The zero-order chi connectivity index (χ0) is 16.3. The van der Waals surface area contributed by atoms with Crippen molar-refractivity contribution >= 4 is 17.0 Å². The molecule has 24 heavy (non-hydrogen) atoms. The lowest BCUT2D eigenvalue weighted by Gasteiger charge is -2.44. The van der Waals surface area contributed by atoms with E-state index in [1.807, 2.05) is 18.2 Å². The van der Waals surface area contributed by atoms with Gasteiger partial charge in [-0.15, -0.1) is 0 Å². The number of carbonyl (C=O) groups excluding carboxylic acids is 1. The molecule has 3 atom stereocenters. The molecule has 3 saturated heterocycles. The molecule has 1 saturated carbocycles. The van der Waals surface area contributed by atoms with Crippen LogP contribution >= 0.6 is 0 Å². The fourth-order valence-electron chi connectivity index (χ4n) is 4.35. The molecule has 5 nitrogen and oxygen atoms in total. The molecule has 1 aromatic carbocycles. The van der Waals surface area contributed by atoms with Crippen molar-refractivity contribution in [3.8, 4) is 0 Å². The van der Waals surface area contributed by atoms with Crippen LogP contribution in [0.3, 0.4) is 0 Å². The van der Waals surface area contributed by atoms with Crippen LogP contribution in [0.5, 0.6) is 0 Å². The number of hydrogen-bond donors (Lipinski definition) is 1. The Morgan fingerprint density at radius 2 is 2.12 bits per heavy atom. The van der Waals surface area contributed by atoms with Crippen molar-refractivity contribution in [1.82, 2.24) is 15.2 Å². The van der Waals surface area contributed by atoms with Gasteiger partial charge >= 0.3 is 0 Å². The second kappa shape index (κ2) is 5.31. The van der Waals surface area contributed by atoms with E-state index in [1.54, 1.807) is 0 Å². The standard InChI is InChI=1S/C19H23N3O2/c1-11-9-14(11)19-21-17-13(3-2-4-16(17)24-19)18(23)20-15-10-22-7-5-12(15)6-8-22/h2-4,11-12,14-15H,5-10H2,1H3,(H,20,23)/t11?,14?,15-/m1/s1. The van der Waals surface area contributed by atoms with Gasteiger partial charge in [0, 0.05) is 18.5 Å². The van der Waals surface area contributed by atoms with Gasteiger partial charge in [0.05, 0.1) is 5.56 Å². The number of rotatable bonds is 3. The number of para-hydroxylation sites is 1. The van der Waals surface area contributed by atoms with Crippen molar-refractivity contribution in [2.45, 2.75) is 38.1 Å². The summed E-state index contributed by atoms with van der Waals surface area (Å²) in [7, 11) is 0. The molecular formula is C19H23N3O2. The van der Waals surface area contributed by atoms with Crippen molar-refractivity contribution in [1.29, 1.82) is 0 Å². The Kier molecular flexibility index (Phi) is 3.20. The maximum atomic E-state index is 12.9. The molecule has 2 aromatic rings. The minimum Gasteiger partial charge on any atom is -0.440 e. The van der Waals surface area contributed by atoms with Crippen LogP contribution in [0.15, 0.2) is 22.6 Å². The summed E-state index contributed by atoms with van der Waals surface area (Å²) in [5, 5.41) is 3.26. The molecule has 6 rings (SSSR count). The first kappa shape index (κ1) is 14.5. The molecule has 2 unspecified atom stereocenters. The molecule has 1 aromatic heterocycles. The van der Waals surface area contributed by atoms with Gasteiger partial charge in [-0.25, -0.2) is 4.98 Å². The van der Waals surface area contributed by atoms with Crippen LogP contribution in [0.1, 0.15) is 48.4 Å². The third-order valence-electron chi connectivity index (χ3n) is 6.08. The molecule has 4 fully saturated rings. The van der Waals surface area contributed by atoms with Gasteiger partial charge in [-0.05, 0) is 56.3 Å². The summed E-state index contributed by atoms with van der Waals surface area (Å²) >= 11 is 0. The topological polar surface area (TPSA) is 58.4 Å². The number of aromatic nitrogens is 1. The van der Waals surface area contributed by atoms with E-state index in [9.17, 15) is 4.79 Å². The van der Waals surface area contributed by atoms with Gasteiger partial charge in [-0.3, -0.25) is 4.79 Å². The van der Waals surface area contributed by atoms with E-state index in [0.29, 0.717) is 28.8 Å². The van der Waals surface area contributed by atoms with E-state index in [1.165, 1.54) is 25.9 Å². The summed E-state index contributed by atoms with van der Waals surface area (Å²) in [6, 6.07) is 5.93. The van der Waals surface area contributed by atoms with Crippen LogP contribution in [0, 0.1) is 11.8 Å². The summed E-state index contributed by atoms with van der Waals surface area (Å²) in [5.74, 6) is 2.47. The zero-order valence-corrected chi connectivity index (χ0v) is 14.0. The first-order valence-corrected chi connectivity index (χ1v) is 9.11. The lowest BCUT2D eigenvalue weighted by molar-refractivity contribution is 0.0621. The van der Waals surface area contributed by atoms with E-state index < -0.39 is 0 Å². The minimum atomic E-state index is -0.0111. The molecule has 1 amide bonds. The van der Waals surface area contributed by atoms with Crippen LogP contribution in [-0.4, -0.2) is 41.5 Å². The molecule has 2 bridgehead atoms. The monoisotopic (exact) mass is 325 g/mol. The van der Waals surface area contributed by atoms with E-state index >= 15 is 0 Å². The zero-order valence-electron chi connectivity index (χ0n) is 14.0. The second-order valence-corrected chi connectivity index (χ2v) is 7.74. The Morgan fingerprint density at radius 1 is 1.33 bits per heavy atom. The molecule has 1 N–H and O–H groups in total. The molecule has 0 spiro atoms. The highest BCUT2D eigenvalue weighted by molar-refractivity contribution is 6.04. The summed E-state index contributed by atoms with van der Waals surface area (Å²) in [5.41, 5.74) is 2.09. The molecule has 1 aliphatic carbocycles. The van der Waals surface area contributed by atoms with E-state index in [4.69, 9.17) is 4.42 Å². The average Bonchev–Trinajstić information content (AvgIpc) is 3.18. The minimum absolute atomic E-state index is 0.0111. The van der Waals surface area contributed by atoms with E-state index in [-0.39, 0.29) is 11.9 Å².